The maximum Gasteiger partial charge on any atom is 0.259 e. The highest BCUT2D eigenvalue weighted by Crippen LogP contribution is 2.28. The number of ether oxygens (including phenoxy) is 1. The average molecular weight is 457 g/mol. The van der Waals surface area contributed by atoms with Crippen LogP contribution in [0.15, 0.2) is 72.8 Å². The van der Waals surface area contributed by atoms with Gasteiger partial charge in [-0.25, -0.2) is 0 Å². The summed E-state index contributed by atoms with van der Waals surface area (Å²) in [6, 6.07) is 20.1. The first-order valence-corrected chi connectivity index (χ1v) is 10.8. The molecule has 1 heterocycles. The molecule has 0 bridgehead atoms. The van der Waals surface area contributed by atoms with E-state index in [0.29, 0.717) is 41.9 Å². The van der Waals surface area contributed by atoms with Crippen LogP contribution in [0.1, 0.15) is 43.9 Å². The van der Waals surface area contributed by atoms with E-state index in [1.54, 1.807) is 77.7 Å². The fourth-order valence-electron chi connectivity index (χ4n) is 3.79. The Morgan fingerprint density at radius 1 is 0.941 bits per heavy atom. The zero-order valence-electron chi connectivity index (χ0n) is 18.3. The number of Topliss-reactive ketones (excluding diaryl/α,β-unsaturated/α-hetero) is 1. The molecule has 3 N–H and O–H groups in total. The molecule has 0 unspecified atom stereocenters. The molecule has 1 aliphatic rings. The van der Waals surface area contributed by atoms with E-state index in [0.717, 1.165) is 0 Å². The fourth-order valence-corrected chi connectivity index (χ4v) is 3.79. The van der Waals surface area contributed by atoms with Crippen molar-refractivity contribution in [3.05, 3.63) is 89.5 Å². The summed E-state index contributed by atoms with van der Waals surface area (Å²) in [5.41, 5.74) is 7.44. The quantitative estimate of drug-likeness (QED) is 0.588. The summed E-state index contributed by atoms with van der Waals surface area (Å²) in [7, 11) is 0. The first-order valence-electron chi connectivity index (χ1n) is 10.8. The molecule has 3 aromatic rings. The summed E-state index contributed by atoms with van der Waals surface area (Å²) in [5, 5.41) is 2.76. The standard InChI is InChI=1S/C26H23N3O5/c27-24(31)16-34-23-10-4-2-7-20(23)25(32)28-18-13-11-17(12-14-18)26(33)29-15-5-9-22(30)19-6-1-3-8-21(19)29/h1-4,6-8,10-14H,5,9,15-16H2,(H2,27,31)(H,28,32). The second kappa shape index (κ2) is 9.99. The highest BCUT2D eigenvalue weighted by molar-refractivity contribution is 6.12. The third-order valence-corrected chi connectivity index (χ3v) is 5.42. The molecule has 172 valence electrons. The Morgan fingerprint density at radius 3 is 2.41 bits per heavy atom. The van der Waals surface area contributed by atoms with Gasteiger partial charge >= 0.3 is 0 Å². The number of para-hydroxylation sites is 2. The molecule has 0 aliphatic carbocycles. The summed E-state index contributed by atoms with van der Waals surface area (Å²) in [4.78, 5) is 50.9. The Balaban J connectivity index is 1.49. The minimum atomic E-state index is -0.646. The Labute approximate surface area is 196 Å². The number of rotatable bonds is 6. The van der Waals surface area contributed by atoms with Crippen LogP contribution in [-0.2, 0) is 4.79 Å². The smallest absolute Gasteiger partial charge is 0.259 e. The second-order valence-electron chi connectivity index (χ2n) is 7.78. The lowest BCUT2D eigenvalue weighted by atomic mass is 10.1. The number of benzene rings is 3. The molecular weight excluding hydrogens is 434 g/mol. The number of anilines is 2. The summed E-state index contributed by atoms with van der Waals surface area (Å²) < 4.78 is 5.31. The van der Waals surface area contributed by atoms with Crippen LogP contribution in [0.5, 0.6) is 5.75 Å². The van der Waals surface area contributed by atoms with Crippen molar-refractivity contribution < 1.29 is 23.9 Å². The third kappa shape index (κ3) is 4.96. The van der Waals surface area contributed by atoms with Gasteiger partial charge in [-0.15, -0.1) is 0 Å². The Hall–Kier alpha value is -4.46. The number of primary amides is 1. The van der Waals surface area contributed by atoms with E-state index < -0.39 is 11.8 Å². The van der Waals surface area contributed by atoms with Gasteiger partial charge in [-0.1, -0.05) is 24.3 Å². The molecule has 34 heavy (non-hydrogen) atoms. The molecule has 0 atom stereocenters. The molecular formula is C26H23N3O5. The third-order valence-electron chi connectivity index (χ3n) is 5.42. The topological polar surface area (TPSA) is 119 Å². The molecule has 4 rings (SSSR count). The van der Waals surface area contributed by atoms with Crippen molar-refractivity contribution in [2.24, 2.45) is 5.73 Å². The number of hydrogen-bond donors (Lipinski definition) is 2. The lowest BCUT2D eigenvalue weighted by Gasteiger charge is -2.22. The van der Waals surface area contributed by atoms with Crippen molar-refractivity contribution in [1.82, 2.24) is 0 Å². The van der Waals surface area contributed by atoms with E-state index in [1.165, 1.54) is 0 Å². The number of nitrogens with two attached hydrogens (primary N) is 1. The van der Waals surface area contributed by atoms with Crippen LogP contribution in [0.3, 0.4) is 0 Å². The van der Waals surface area contributed by atoms with E-state index in [1.807, 2.05) is 0 Å². The van der Waals surface area contributed by atoms with Gasteiger partial charge in [0.2, 0.25) is 0 Å². The van der Waals surface area contributed by atoms with E-state index in [4.69, 9.17) is 10.5 Å². The Bertz CT molecular complexity index is 1250. The van der Waals surface area contributed by atoms with Crippen molar-refractivity contribution in [2.45, 2.75) is 12.8 Å². The molecule has 0 saturated carbocycles. The van der Waals surface area contributed by atoms with Gasteiger partial charge < -0.3 is 20.7 Å². The maximum absolute atomic E-state index is 13.2. The molecule has 3 aromatic carbocycles. The number of fused-ring (bicyclic) bond motifs is 1. The minimum Gasteiger partial charge on any atom is -0.483 e. The number of nitrogens with zero attached hydrogens (tertiary/aromatic N) is 1. The van der Waals surface area contributed by atoms with E-state index in [2.05, 4.69) is 5.32 Å². The van der Waals surface area contributed by atoms with Gasteiger partial charge in [-0.2, -0.15) is 0 Å². The predicted molar refractivity (Wildman–Crippen MR) is 127 cm³/mol. The van der Waals surface area contributed by atoms with Gasteiger partial charge in [-0.3, -0.25) is 19.2 Å². The normalized spacial score (nSPS) is 12.9. The van der Waals surface area contributed by atoms with Crippen LogP contribution >= 0.6 is 0 Å². The number of nitrogens with one attached hydrogen (secondary N) is 1. The molecule has 3 amide bonds. The fraction of sp³-hybridized carbons (Fsp3) is 0.154. The zero-order chi connectivity index (χ0) is 24.1. The van der Waals surface area contributed by atoms with Crippen LogP contribution in [0.2, 0.25) is 0 Å². The molecule has 0 aromatic heterocycles. The van der Waals surface area contributed by atoms with Crippen LogP contribution in [0, 0.1) is 0 Å². The van der Waals surface area contributed by atoms with Gasteiger partial charge in [-0.05, 0) is 55.0 Å². The first kappa shape index (κ1) is 22.7. The van der Waals surface area contributed by atoms with Crippen LogP contribution < -0.4 is 20.7 Å². The summed E-state index contributed by atoms with van der Waals surface area (Å²) in [6.07, 6.45) is 0.987. The van der Waals surface area contributed by atoms with Crippen molar-refractivity contribution in [2.75, 3.05) is 23.4 Å². The van der Waals surface area contributed by atoms with Crippen molar-refractivity contribution in [3.8, 4) is 5.75 Å². The summed E-state index contributed by atoms with van der Waals surface area (Å²) in [5.74, 6) is -1.03. The van der Waals surface area contributed by atoms with Gasteiger partial charge in [0.25, 0.3) is 17.7 Å². The predicted octanol–water partition coefficient (Wildman–Crippen LogP) is 3.43. The SMILES string of the molecule is NC(=O)COc1ccccc1C(=O)Nc1ccc(C(=O)N2CCCC(=O)c3ccccc32)cc1. The highest BCUT2D eigenvalue weighted by atomic mass is 16.5. The number of hydrogen-bond acceptors (Lipinski definition) is 5. The minimum absolute atomic E-state index is 0.0315. The molecule has 8 nitrogen and oxygen atoms in total. The lowest BCUT2D eigenvalue weighted by molar-refractivity contribution is -0.119. The average Bonchev–Trinajstić information content (AvgIpc) is 3.02. The van der Waals surface area contributed by atoms with Crippen LogP contribution in [0.4, 0.5) is 11.4 Å². The lowest BCUT2D eigenvalue weighted by Crippen LogP contribution is -2.31. The monoisotopic (exact) mass is 457 g/mol. The Morgan fingerprint density at radius 2 is 1.65 bits per heavy atom. The van der Waals surface area contributed by atoms with Crippen LogP contribution in [0.25, 0.3) is 0 Å². The van der Waals surface area contributed by atoms with Gasteiger partial charge in [0.05, 0.1) is 11.3 Å². The number of amides is 3. The van der Waals surface area contributed by atoms with Crippen molar-refractivity contribution in [3.63, 3.8) is 0 Å². The largest absolute Gasteiger partial charge is 0.483 e. The Kier molecular flexibility index (Phi) is 6.68. The van der Waals surface area contributed by atoms with Crippen LogP contribution in [-0.4, -0.2) is 36.7 Å². The highest BCUT2D eigenvalue weighted by Gasteiger charge is 2.25. The summed E-state index contributed by atoms with van der Waals surface area (Å²) in [6.45, 7) is 0.106. The first-order chi connectivity index (χ1) is 16.4. The van der Waals surface area contributed by atoms with E-state index in [9.17, 15) is 19.2 Å². The van der Waals surface area contributed by atoms with E-state index >= 15 is 0 Å². The molecule has 0 spiro atoms. The molecule has 8 heteroatoms. The molecule has 1 aliphatic heterocycles. The molecule has 0 radical (unpaired) electrons. The molecule has 0 saturated heterocycles. The number of ketones is 1. The van der Waals surface area contributed by atoms with Gasteiger partial charge in [0.1, 0.15) is 5.75 Å². The van der Waals surface area contributed by atoms with Gasteiger partial charge in [0.15, 0.2) is 12.4 Å². The maximum atomic E-state index is 13.2. The number of carbonyl (C=O) groups excluding carboxylic acids is 4. The summed E-state index contributed by atoms with van der Waals surface area (Å²) >= 11 is 0. The van der Waals surface area contributed by atoms with Crippen molar-refractivity contribution >= 4 is 34.9 Å². The second-order valence-corrected chi connectivity index (χ2v) is 7.78. The van der Waals surface area contributed by atoms with Gasteiger partial charge in [0, 0.05) is 29.8 Å². The van der Waals surface area contributed by atoms with Crippen molar-refractivity contribution in [1.29, 1.82) is 0 Å². The number of carbonyl (C=O) groups is 4. The zero-order valence-corrected chi connectivity index (χ0v) is 18.3. The van der Waals surface area contributed by atoms with E-state index in [-0.39, 0.29) is 29.6 Å². The molecule has 0 fully saturated rings.